The van der Waals surface area contributed by atoms with Crippen molar-refractivity contribution in [3.63, 3.8) is 0 Å². The Morgan fingerprint density at radius 1 is 1.53 bits per heavy atom. The quantitative estimate of drug-likeness (QED) is 0.857. The molecule has 0 amide bonds. The molecule has 0 saturated heterocycles. The Bertz CT molecular complexity index is 438. The van der Waals surface area contributed by atoms with Gasteiger partial charge in [0.15, 0.2) is 0 Å². The van der Waals surface area contributed by atoms with E-state index in [1.165, 1.54) is 0 Å². The molecule has 4 nitrogen and oxygen atoms in total. The summed E-state index contributed by atoms with van der Waals surface area (Å²) in [6.07, 6.45) is 1.91. The summed E-state index contributed by atoms with van der Waals surface area (Å²) in [6, 6.07) is 2.36. The highest BCUT2D eigenvalue weighted by molar-refractivity contribution is 7.08. The molecular formula is C12H17N3OS. The molecule has 0 aliphatic rings. The number of nitrogens with one attached hydrogen (secondary N) is 1. The molecule has 0 fully saturated rings. The Morgan fingerprint density at radius 2 is 2.41 bits per heavy atom. The van der Waals surface area contributed by atoms with E-state index in [0.29, 0.717) is 17.8 Å². The van der Waals surface area contributed by atoms with Crippen LogP contribution in [0.25, 0.3) is 11.4 Å². The Hall–Kier alpha value is -1.20. The minimum Gasteiger partial charge on any atom is -0.339 e. The van der Waals surface area contributed by atoms with Gasteiger partial charge in [-0.2, -0.15) is 16.3 Å². The normalized spacial score (nSPS) is 12.8. The van der Waals surface area contributed by atoms with E-state index in [2.05, 4.69) is 29.3 Å². The van der Waals surface area contributed by atoms with Gasteiger partial charge in [0.05, 0.1) is 0 Å². The summed E-state index contributed by atoms with van der Waals surface area (Å²) in [5.74, 6) is 1.38. The zero-order valence-corrected chi connectivity index (χ0v) is 11.0. The molecule has 2 heterocycles. The molecule has 0 spiro atoms. The fourth-order valence-electron chi connectivity index (χ4n) is 1.57. The van der Waals surface area contributed by atoms with Crippen LogP contribution in [0, 0.1) is 0 Å². The molecule has 0 radical (unpaired) electrons. The highest BCUT2D eigenvalue weighted by Crippen LogP contribution is 2.18. The molecule has 0 aliphatic carbocycles. The van der Waals surface area contributed by atoms with Gasteiger partial charge in [0.2, 0.25) is 11.7 Å². The molecule has 2 rings (SSSR count). The van der Waals surface area contributed by atoms with Crippen molar-refractivity contribution >= 4 is 11.3 Å². The molecule has 1 unspecified atom stereocenters. The number of rotatable bonds is 6. The van der Waals surface area contributed by atoms with Crippen LogP contribution in [0.2, 0.25) is 0 Å². The summed E-state index contributed by atoms with van der Waals surface area (Å²) < 4.78 is 5.24. The lowest BCUT2D eigenvalue weighted by Gasteiger charge is -2.09. The lowest BCUT2D eigenvalue weighted by Crippen LogP contribution is -2.28. The average molecular weight is 251 g/mol. The monoisotopic (exact) mass is 251 g/mol. The summed E-state index contributed by atoms with van der Waals surface area (Å²) >= 11 is 1.63. The Morgan fingerprint density at radius 3 is 3.12 bits per heavy atom. The molecule has 2 aromatic heterocycles. The maximum absolute atomic E-state index is 5.24. The van der Waals surface area contributed by atoms with Crippen molar-refractivity contribution in [2.45, 2.75) is 32.7 Å². The highest BCUT2D eigenvalue weighted by atomic mass is 32.1. The number of thiophene rings is 1. The predicted octanol–water partition coefficient (Wildman–Crippen LogP) is 2.73. The van der Waals surface area contributed by atoms with Gasteiger partial charge in [-0.05, 0) is 31.3 Å². The van der Waals surface area contributed by atoms with Gasteiger partial charge in [-0.1, -0.05) is 12.1 Å². The maximum atomic E-state index is 5.24. The van der Waals surface area contributed by atoms with Gasteiger partial charge >= 0.3 is 0 Å². The average Bonchev–Trinajstić information content (AvgIpc) is 2.95. The number of hydrogen-bond donors (Lipinski definition) is 1. The van der Waals surface area contributed by atoms with Crippen molar-refractivity contribution < 1.29 is 4.52 Å². The zero-order chi connectivity index (χ0) is 12.1. The lowest BCUT2D eigenvalue weighted by atomic mass is 10.2. The van der Waals surface area contributed by atoms with Crippen LogP contribution in [-0.4, -0.2) is 22.7 Å². The summed E-state index contributed by atoms with van der Waals surface area (Å²) in [4.78, 5) is 4.39. The standard InChI is InChI=1S/C12H17N3OS/c1-3-5-13-9(2)7-11-14-12(15-16-11)10-4-6-17-8-10/h4,6,8-9,13H,3,5,7H2,1-2H3. The topological polar surface area (TPSA) is 51.0 Å². The van der Waals surface area contributed by atoms with Crippen molar-refractivity contribution in [3.8, 4) is 11.4 Å². The minimum absolute atomic E-state index is 0.366. The van der Waals surface area contributed by atoms with Crippen LogP contribution in [-0.2, 0) is 6.42 Å². The molecule has 1 N–H and O–H groups in total. The lowest BCUT2D eigenvalue weighted by molar-refractivity contribution is 0.362. The van der Waals surface area contributed by atoms with E-state index in [0.717, 1.165) is 24.9 Å². The van der Waals surface area contributed by atoms with E-state index in [9.17, 15) is 0 Å². The third-order valence-corrected chi connectivity index (χ3v) is 3.15. The molecule has 0 aliphatic heterocycles. The third-order valence-electron chi connectivity index (χ3n) is 2.47. The van der Waals surface area contributed by atoms with E-state index in [1.54, 1.807) is 11.3 Å². The van der Waals surface area contributed by atoms with Crippen LogP contribution in [0.1, 0.15) is 26.2 Å². The van der Waals surface area contributed by atoms with Crippen LogP contribution < -0.4 is 5.32 Å². The van der Waals surface area contributed by atoms with Crippen LogP contribution in [0.3, 0.4) is 0 Å². The molecular weight excluding hydrogens is 234 g/mol. The predicted molar refractivity (Wildman–Crippen MR) is 69.1 cm³/mol. The van der Waals surface area contributed by atoms with Crippen LogP contribution >= 0.6 is 11.3 Å². The molecule has 17 heavy (non-hydrogen) atoms. The maximum Gasteiger partial charge on any atom is 0.228 e. The Kier molecular flexibility index (Phi) is 4.28. The van der Waals surface area contributed by atoms with Crippen molar-refractivity contribution in [3.05, 3.63) is 22.7 Å². The van der Waals surface area contributed by atoms with E-state index >= 15 is 0 Å². The van der Waals surface area contributed by atoms with Gasteiger partial charge < -0.3 is 9.84 Å². The van der Waals surface area contributed by atoms with Gasteiger partial charge in [-0.25, -0.2) is 0 Å². The first-order valence-electron chi connectivity index (χ1n) is 5.88. The summed E-state index contributed by atoms with van der Waals surface area (Å²) in [5.41, 5.74) is 1.03. The fourth-order valence-corrected chi connectivity index (χ4v) is 2.21. The van der Waals surface area contributed by atoms with Crippen molar-refractivity contribution in [2.24, 2.45) is 0 Å². The number of aromatic nitrogens is 2. The van der Waals surface area contributed by atoms with E-state index in [1.807, 2.05) is 16.8 Å². The second-order valence-electron chi connectivity index (χ2n) is 4.08. The third kappa shape index (κ3) is 3.38. The zero-order valence-electron chi connectivity index (χ0n) is 10.1. The summed E-state index contributed by atoms with van der Waals surface area (Å²) in [5, 5.41) is 11.4. The molecule has 0 aromatic carbocycles. The van der Waals surface area contributed by atoms with Crippen molar-refractivity contribution in [2.75, 3.05) is 6.54 Å². The van der Waals surface area contributed by atoms with E-state index in [4.69, 9.17) is 4.52 Å². The molecule has 5 heteroatoms. The second kappa shape index (κ2) is 5.93. The summed E-state index contributed by atoms with van der Waals surface area (Å²) in [7, 11) is 0. The molecule has 2 aromatic rings. The van der Waals surface area contributed by atoms with E-state index in [-0.39, 0.29) is 0 Å². The van der Waals surface area contributed by atoms with Crippen molar-refractivity contribution in [1.29, 1.82) is 0 Å². The fraction of sp³-hybridized carbons (Fsp3) is 0.500. The van der Waals surface area contributed by atoms with Crippen LogP contribution in [0.15, 0.2) is 21.3 Å². The second-order valence-corrected chi connectivity index (χ2v) is 4.86. The van der Waals surface area contributed by atoms with Gasteiger partial charge in [0.1, 0.15) is 0 Å². The summed E-state index contributed by atoms with van der Waals surface area (Å²) in [6.45, 7) is 5.30. The number of nitrogens with zero attached hydrogens (tertiary/aromatic N) is 2. The Labute approximate surface area is 105 Å². The first kappa shape index (κ1) is 12.3. The smallest absolute Gasteiger partial charge is 0.228 e. The molecule has 0 bridgehead atoms. The minimum atomic E-state index is 0.366. The van der Waals surface area contributed by atoms with Crippen LogP contribution in [0.4, 0.5) is 0 Å². The molecule has 92 valence electrons. The van der Waals surface area contributed by atoms with Gasteiger partial charge in [0.25, 0.3) is 0 Å². The van der Waals surface area contributed by atoms with Gasteiger partial charge in [-0.3, -0.25) is 0 Å². The first-order valence-corrected chi connectivity index (χ1v) is 6.82. The highest BCUT2D eigenvalue weighted by Gasteiger charge is 2.11. The Balaban J connectivity index is 1.94. The van der Waals surface area contributed by atoms with Crippen molar-refractivity contribution in [1.82, 2.24) is 15.5 Å². The largest absolute Gasteiger partial charge is 0.339 e. The van der Waals surface area contributed by atoms with Gasteiger partial charge in [-0.15, -0.1) is 0 Å². The van der Waals surface area contributed by atoms with Crippen LogP contribution in [0.5, 0.6) is 0 Å². The molecule has 1 atom stereocenters. The SMILES string of the molecule is CCCNC(C)Cc1nc(-c2ccsc2)no1. The van der Waals surface area contributed by atoms with Gasteiger partial charge in [0, 0.05) is 23.4 Å². The number of hydrogen-bond acceptors (Lipinski definition) is 5. The van der Waals surface area contributed by atoms with E-state index < -0.39 is 0 Å². The molecule has 0 saturated carbocycles. The first-order chi connectivity index (χ1) is 8.29.